The van der Waals surface area contributed by atoms with Crippen LogP contribution in [0.2, 0.25) is 0 Å². The molecule has 3 rings (SSSR count). The maximum atomic E-state index is 4.82. The summed E-state index contributed by atoms with van der Waals surface area (Å²) in [5.41, 5.74) is 4.84. The van der Waals surface area contributed by atoms with Gasteiger partial charge in [-0.05, 0) is 60.0 Å². The van der Waals surface area contributed by atoms with Crippen molar-refractivity contribution in [1.29, 1.82) is 0 Å². The highest BCUT2D eigenvalue weighted by Crippen LogP contribution is 2.32. The van der Waals surface area contributed by atoms with E-state index in [1.165, 1.54) is 21.4 Å². The van der Waals surface area contributed by atoms with E-state index in [-0.39, 0.29) is 24.0 Å². The first-order chi connectivity index (χ1) is 9.56. The lowest BCUT2D eigenvalue weighted by Crippen LogP contribution is -3.00. The van der Waals surface area contributed by atoms with Crippen LogP contribution in [0.3, 0.4) is 0 Å². The number of hydrogen-bond donors (Lipinski definition) is 0. The highest BCUT2D eigenvalue weighted by molar-refractivity contribution is 9.10. The van der Waals surface area contributed by atoms with Crippen molar-refractivity contribution >= 4 is 37.5 Å². The number of hydrogen-bond acceptors (Lipinski definition) is 2. The van der Waals surface area contributed by atoms with Crippen molar-refractivity contribution in [2.45, 2.75) is 27.3 Å². The summed E-state index contributed by atoms with van der Waals surface area (Å²) in [6.07, 6.45) is 4.25. The quantitative estimate of drug-likeness (QED) is 0.407. The highest BCUT2D eigenvalue weighted by atomic mass is 127. The third-order valence-electron chi connectivity index (χ3n) is 3.33. The van der Waals surface area contributed by atoms with Crippen molar-refractivity contribution in [3.05, 3.63) is 46.2 Å². The van der Waals surface area contributed by atoms with Gasteiger partial charge in [0.1, 0.15) is 11.6 Å². The maximum Gasteiger partial charge on any atom is 0.183 e. The predicted molar refractivity (Wildman–Crippen MR) is 88.1 cm³/mol. The summed E-state index contributed by atoms with van der Waals surface area (Å²) >= 11 is 5.34. The second-order valence-corrected chi connectivity index (χ2v) is 6.97. The summed E-state index contributed by atoms with van der Waals surface area (Å²) < 4.78 is 4.52. The van der Waals surface area contributed by atoms with Crippen LogP contribution in [-0.2, 0) is 6.54 Å². The SMILES string of the molecule is CC[n+]1cc(Br)cc(-c2nc3c(C)cc(C)cc3s2)c1.[I-]. The molecule has 0 amide bonds. The topological polar surface area (TPSA) is 16.8 Å². The zero-order valence-electron chi connectivity index (χ0n) is 12.2. The summed E-state index contributed by atoms with van der Waals surface area (Å²) in [6.45, 7) is 7.36. The Morgan fingerprint density at radius 2 is 1.95 bits per heavy atom. The fourth-order valence-electron chi connectivity index (χ4n) is 2.39. The summed E-state index contributed by atoms with van der Waals surface area (Å²) in [5.74, 6) is 0. The molecule has 21 heavy (non-hydrogen) atoms. The van der Waals surface area contributed by atoms with Gasteiger partial charge in [0, 0.05) is 0 Å². The number of aromatic nitrogens is 2. The molecular formula is C16H16BrIN2S. The normalized spacial score (nSPS) is 10.7. The average Bonchev–Trinajstić information content (AvgIpc) is 2.82. The first-order valence-corrected chi connectivity index (χ1v) is 8.25. The van der Waals surface area contributed by atoms with Gasteiger partial charge in [-0.1, -0.05) is 6.07 Å². The van der Waals surface area contributed by atoms with Gasteiger partial charge in [0.2, 0.25) is 0 Å². The molecule has 0 bridgehead atoms. The molecule has 0 saturated heterocycles. The Kier molecular flexibility index (Phi) is 5.38. The fourth-order valence-corrected chi connectivity index (χ4v) is 4.02. The molecule has 3 aromatic rings. The third kappa shape index (κ3) is 3.46. The largest absolute Gasteiger partial charge is 1.00 e. The van der Waals surface area contributed by atoms with Crippen LogP contribution in [0.1, 0.15) is 18.1 Å². The molecular weight excluding hydrogens is 459 g/mol. The van der Waals surface area contributed by atoms with Gasteiger partial charge in [0.15, 0.2) is 12.4 Å². The number of aryl methyl sites for hydroxylation is 3. The first kappa shape index (κ1) is 16.8. The van der Waals surface area contributed by atoms with Crippen LogP contribution < -0.4 is 28.5 Å². The van der Waals surface area contributed by atoms with E-state index < -0.39 is 0 Å². The van der Waals surface area contributed by atoms with Gasteiger partial charge >= 0.3 is 0 Å². The minimum absolute atomic E-state index is 0. The molecule has 0 fully saturated rings. The number of pyridine rings is 1. The number of benzene rings is 1. The van der Waals surface area contributed by atoms with Crippen molar-refractivity contribution in [1.82, 2.24) is 4.98 Å². The Labute approximate surface area is 154 Å². The zero-order valence-corrected chi connectivity index (χ0v) is 16.7. The van der Waals surface area contributed by atoms with Crippen LogP contribution in [0, 0.1) is 13.8 Å². The van der Waals surface area contributed by atoms with Gasteiger partial charge < -0.3 is 24.0 Å². The van der Waals surface area contributed by atoms with Gasteiger partial charge in [-0.2, -0.15) is 0 Å². The fraction of sp³-hybridized carbons (Fsp3) is 0.250. The van der Waals surface area contributed by atoms with Crippen molar-refractivity contribution in [3.8, 4) is 10.6 Å². The Morgan fingerprint density at radius 3 is 2.67 bits per heavy atom. The molecule has 0 aliphatic carbocycles. The second-order valence-electron chi connectivity index (χ2n) is 5.02. The van der Waals surface area contributed by atoms with Crippen molar-refractivity contribution in [2.75, 3.05) is 0 Å². The van der Waals surface area contributed by atoms with Crippen LogP contribution in [0.4, 0.5) is 0 Å². The lowest BCUT2D eigenvalue weighted by molar-refractivity contribution is -0.693. The molecule has 110 valence electrons. The zero-order chi connectivity index (χ0) is 14.3. The van der Waals surface area contributed by atoms with Gasteiger partial charge in [-0.3, -0.25) is 0 Å². The molecule has 0 N–H and O–H groups in total. The number of thiazole rings is 1. The van der Waals surface area contributed by atoms with Gasteiger partial charge in [0.25, 0.3) is 0 Å². The summed E-state index contributed by atoms with van der Waals surface area (Å²) in [6, 6.07) is 6.54. The minimum atomic E-state index is 0. The van der Waals surface area contributed by atoms with Crippen LogP contribution in [0.25, 0.3) is 20.8 Å². The van der Waals surface area contributed by atoms with E-state index >= 15 is 0 Å². The summed E-state index contributed by atoms with van der Waals surface area (Å²) in [5, 5.41) is 1.08. The predicted octanol–water partition coefficient (Wildman–Crippen LogP) is 1.65. The Hall–Kier alpha value is -0.530. The van der Waals surface area contributed by atoms with Crippen molar-refractivity contribution < 1.29 is 28.5 Å². The molecule has 0 atom stereocenters. The Balaban J connectivity index is 0.00000161. The van der Waals surface area contributed by atoms with Crippen LogP contribution in [0.5, 0.6) is 0 Å². The smallest absolute Gasteiger partial charge is 0.183 e. The van der Waals surface area contributed by atoms with E-state index in [9.17, 15) is 0 Å². The number of rotatable bonds is 2. The lowest BCUT2D eigenvalue weighted by atomic mass is 10.1. The minimum Gasteiger partial charge on any atom is -1.00 e. The molecule has 5 heteroatoms. The van der Waals surface area contributed by atoms with E-state index in [0.29, 0.717) is 0 Å². The highest BCUT2D eigenvalue weighted by Gasteiger charge is 2.13. The molecule has 0 spiro atoms. The van der Waals surface area contributed by atoms with Gasteiger partial charge in [-0.15, -0.1) is 11.3 Å². The molecule has 1 aromatic carbocycles. The van der Waals surface area contributed by atoms with E-state index in [0.717, 1.165) is 21.5 Å². The Morgan fingerprint density at radius 1 is 1.19 bits per heavy atom. The second kappa shape index (κ2) is 6.71. The molecule has 0 unspecified atom stereocenters. The third-order valence-corrected chi connectivity index (χ3v) is 4.81. The molecule has 0 aliphatic heterocycles. The van der Waals surface area contributed by atoms with Crippen LogP contribution in [0.15, 0.2) is 35.1 Å². The molecule has 0 aliphatic rings. The van der Waals surface area contributed by atoms with E-state index in [1.807, 2.05) is 0 Å². The average molecular weight is 475 g/mol. The van der Waals surface area contributed by atoms with Crippen LogP contribution in [-0.4, -0.2) is 4.98 Å². The number of halogens is 2. The molecule has 2 heterocycles. The Bertz CT molecular complexity index is 798. The van der Waals surface area contributed by atoms with E-state index in [1.54, 1.807) is 11.3 Å². The molecule has 0 radical (unpaired) electrons. The standard InChI is InChI=1S/C16H16BrN2S.HI/c1-4-19-8-12(7-13(17)9-19)16-18-15-11(3)5-10(2)6-14(15)20-16;/h5-9H,4H2,1-3H3;1H/q+1;/p-1. The summed E-state index contributed by atoms with van der Waals surface area (Å²) in [7, 11) is 0. The van der Waals surface area contributed by atoms with E-state index in [4.69, 9.17) is 4.98 Å². The monoisotopic (exact) mass is 474 g/mol. The number of fused-ring (bicyclic) bond motifs is 1. The maximum absolute atomic E-state index is 4.82. The van der Waals surface area contributed by atoms with Crippen molar-refractivity contribution in [3.63, 3.8) is 0 Å². The van der Waals surface area contributed by atoms with Gasteiger partial charge in [0.05, 0.1) is 20.3 Å². The first-order valence-electron chi connectivity index (χ1n) is 6.64. The van der Waals surface area contributed by atoms with Crippen molar-refractivity contribution in [2.24, 2.45) is 0 Å². The molecule has 0 saturated carbocycles. The number of nitrogens with zero attached hydrogens (tertiary/aromatic N) is 2. The van der Waals surface area contributed by atoms with Crippen LogP contribution >= 0.6 is 27.3 Å². The van der Waals surface area contributed by atoms with Gasteiger partial charge in [-0.25, -0.2) is 9.55 Å². The molecule has 2 nitrogen and oxygen atoms in total. The summed E-state index contributed by atoms with van der Waals surface area (Å²) in [4.78, 5) is 4.82. The van der Waals surface area contributed by atoms with E-state index in [2.05, 4.69) is 71.9 Å². The molecule has 2 aromatic heterocycles. The lowest BCUT2D eigenvalue weighted by Gasteiger charge is -1.97.